The van der Waals surface area contributed by atoms with Crippen molar-refractivity contribution in [3.8, 4) is 16.9 Å². The largest absolute Gasteiger partial charge is 0.316 e. The first-order chi connectivity index (χ1) is 11.0. The van der Waals surface area contributed by atoms with Crippen molar-refractivity contribution in [2.45, 2.75) is 12.7 Å². The van der Waals surface area contributed by atoms with Crippen molar-refractivity contribution < 1.29 is 12.8 Å². The SMILES string of the molecule is Cc1cc(-c2ccc(C[SH](=O)=O)cc2)n(-c2ccc(F)cc2)c1. The van der Waals surface area contributed by atoms with E-state index in [2.05, 4.69) is 0 Å². The third-order valence-corrected chi connectivity index (χ3v) is 4.25. The van der Waals surface area contributed by atoms with Crippen LogP contribution >= 0.6 is 0 Å². The molecule has 118 valence electrons. The number of nitrogens with zero attached hydrogens (tertiary/aromatic N) is 1. The van der Waals surface area contributed by atoms with Crippen molar-refractivity contribution >= 4 is 10.7 Å². The van der Waals surface area contributed by atoms with Gasteiger partial charge >= 0.3 is 0 Å². The molecule has 3 aromatic rings. The van der Waals surface area contributed by atoms with E-state index in [1.54, 1.807) is 12.1 Å². The summed E-state index contributed by atoms with van der Waals surface area (Å²) in [4.78, 5) is 0. The fourth-order valence-corrected chi connectivity index (χ4v) is 3.07. The van der Waals surface area contributed by atoms with Gasteiger partial charge in [-0.2, -0.15) is 0 Å². The number of benzene rings is 2. The molecule has 1 heterocycles. The van der Waals surface area contributed by atoms with E-state index in [0.717, 1.165) is 28.1 Å². The lowest BCUT2D eigenvalue weighted by atomic mass is 10.1. The zero-order valence-electron chi connectivity index (χ0n) is 12.6. The quantitative estimate of drug-likeness (QED) is 0.741. The molecule has 0 aliphatic heterocycles. The molecule has 0 aliphatic rings. The summed E-state index contributed by atoms with van der Waals surface area (Å²) in [5.74, 6) is -0.219. The molecule has 0 spiro atoms. The standard InChI is InChI=1S/C18H16FNO2S/c1-13-10-18(15-4-2-14(3-5-15)12-23(21)22)20(11-13)17-8-6-16(19)7-9-17/h2-11,23H,12H2,1H3. The van der Waals surface area contributed by atoms with Gasteiger partial charge in [0.05, 0.1) is 11.4 Å². The highest BCUT2D eigenvalue weighted by Crippen LogP contribution is 2.26. The molecule has 5 heteroatoms. The molecule has 0 radical (unpaired) electrons. The van der Waals surface area contributed by atoms with E-state index in [1.165, 1.54) is 12.1 Å². The van der Waals surface area contributed by atoms with Gasteiger partial charge in [-0.25, -0.2) is 12.8 Å². The number of hydrogen-bond acceptors (Lipinski definition) is 2. The molecule has 0 bridgehead atoms. The van der Waals surface area contributed by atoms with E-state index in [9.17, 15) is 12.8 Å². The molecule has 0 saturated carbocycles. The van der Waals surface area contributed by atoms with Crippen LogP contribution in [0.2, 0.25) is 0 Å². The van der Waals surface area contributed by atoms with Crippen molar-refractivity contribution in [3.05, 3.63) is 77.7 Å². The van der Waals surface area contributed by atoms with Gasteiger partial charge in [0.2, 0.25) is 0 Å². The van der Waals surface area contributed by atoms with Gasteiger partial charge in [0.15, 0.2) is 0 Å². The molecular weight excluding hydrogens is 313 g/mol. The minimum atomic E-state index is -2.42. The monoisotopic (exact) mass is 329 g/mol. The van der Waals surface area contributed by atoms with Gasteiger partial charge < -0.3 is 4.57 Å². The number of aromatic nitrogens is 1. The van der Waals surface area contributed by atoms with E-state index in [-0.39, 0.29) is 11.6 Å². The number of hydrogen-bond donors (Lipinski definition) is 1. The number of rotatable bonds is 4. The van der Waals surface area contributed by atoms with Crippen molar-refractivity contribution in [1.29, 1.82) is 0 Å². The summed E-state index contributed by atoms with van der Waals surface area (Å²) in [6, 6.07) is 15.8. The van der Waals surface area contributed by atoms with Gasteiger partial charge in [-0.05, 0) is 53.9 Å². The molecule has 3 nitrogen and oxygen atoms in total. The topological polar surface area (TPSA) is 39.1 Å². The fourth-order valence-electron chi connectivity index (χ4n) is 2.56. The molecule has 0 aliphatic carbocycles. The van der Waals surface area contributed by atoms with Crippen molar-refractivity contribution in [1.82, 2.24) is 4.57 Å². The molecule has 0 saturated heterocycles. The Morgan fingerprint density at radius 1 is 1.00 bits per heavy atom. The van der Waals surface area contributed by atoms with Crippen LogP contribution in [0.25, 0.3) is 16.9 Å². The summed E-state index contributed by atoms with van der Waals surface area (Å²) in [6.07, 6.45) is 1.99. The van der Waals surface area contributed by atoms with Gasteiger partial charge in [-0.3, -0.25) is 0 Å². The summed E-state index contributed by atoms with van der Waals surface area (Å²) in [6.45, 7) is 2.00. The average molecular weight is 329 g/mol. The van der Waals surface area contributed by atoms with Crippen LogP contribution in [0.3, 0.4) is 0 Å². The van der Waals surface area contributed by atoms with Crippen LogP contribution < -0.4 is 0 Å². The van der Waals surface area contributed by atoms with Gasteiger partial charge in [-0.15, -0.1) is 0 Å². The van der Waals surface area contributed by atoms with Crippen molar-refractivity contribution in [2.24, 2.45) is 0 Å². The highest BCUT2D eigenvalue weighted by atomic mass is 32.2. The summed E-state index contributed by atoms with van der Waals surface area (Å²) < 4.78 is 36.7. The Kier molecular flexibility index (Phi) is 4.30. The summed E-state index contributed by atoms with van der Waals surface area (Å²) in [7, 11) is -2.42. The molecule has 0 atom stereocenters. The van der Waals surface area contributed by atoms with Gasteiger partial charge in [0.25, 0.3) is 0 Å². The molecule has 0 amide bonds. The number of halogens is 1. The molecule has 1 aromatic heterocycles. The number of aryl methyl sites for hydroxylation is 1. The predicted molar refractivity (Wildman–Crippen MR) is 89.9 cm³/mol. The third kappa shape index (κ3) is 3.51. The molecule has 0 unspecified atom stereocenters. The predicted octanol–water partition coefficient (Wildman–Crippen LogP) is 3.70. The maximum atomic E-state index is 13.1. The van der Waals surface area contributed by atoms with Crippen molar-refractivity contribution in [2.75, 3.05) is 0 Å². The Morgan fingerprint density at radius 3 is 2.26 bits per heavy atom. The minimum absolute atomic E-state index is 0.0492. The molecule has 23 heavy (non-hydrogen) atoms. The Labute approximate surface area is 136 Å². The summed E-state index contributed by atoms with van der Waals surface area (Å²) in [5, 5.41) is 0. The Bertz CT molecular complexity index is 886. The molecule has 3 rings (SSSR count). The zero-order valence-corrected chi connectivity index (χ0v) is 13.5. The summed E-state index contributed by atoms with van der Waals surface area (Å²) >= 11 is 0. The first-order valence-corrected chi connectivity index (χ1v) is 8.55. The maximum absolute atomic E-state index is 13.1. The van der Waals surface area contributed by atoms with Crippen LogP contribution in [0.15, 0.2) is 60.8 Å². The third-order valence-electron chi connectivity index (χ3n) is 3.62. The lowest BCUT2D eigenvalue weighted by Crippen LogP contribution is -1.95. The van der Waals surface area contributed by atoms with Crippen LogP contribution in [0.4, 0.5) is 4.39 Å². The average Bonchev–Trinajstić information content (AvgIpc) is 2.90. The smallest absolute Gasteiger partial charge is 0.144 e. The lowest BCUT2D eigenvalue weighted by molar-refractivity contribution is 0.614. The van der Waals surface area contributed by atoms with Crippen LogP contribution in [0.1, 0.15) is 11.1 Å². The van der Waals surface area contributed by atoms with E-state index in [1.807, 2.05) is 48.0 Å². The molecule has 0 N–H and O–H groups in total. The first-order valence-electron chi connectivity index (χ1n) is 7.19. The van der Waals surface area contributed by atoms with Crippen LogP contribution in [-0.4, -0.2) is 13.0 Å². The molecule has 0 fully saturated rings. The Balaban J connectivity index is 2.01. The van der Waals surface area contributed by atoms with E-state index in [0.29, 0.717) is 0 Å². The Hall–Kier alpha value is -2.40. The molecule has 2 aromatic carbocycles. The highest BCUT2D eigenvalue weighted by Gasteiger charge is 2.08. The maximum Gasteiger partial charge on any atom is 0.144 e. The second kappa shape index (κ2) is 6.38. The fraction of sp³-hybridized carbons (Fsp3) is 0.111. The van der Waals surface area contributed by atoms with E-state index >= 15 is 0 Å². The normalized spacial score (nSPS) is 11.1. The number of thiol groups is 1. The second-order valence-electron chi connectivity index (χ2n) is 5.44. The van der Waals surface area contributed by atoms with E-state index in [4.69, 9.17) is 0 Å². The lowest BCUT2D eigenvalue weighted by Gasteiger charge is -2.10. The van der Waals surface area contributed by atoms with Gasteiger partial charge in [0.1, 0.15) is 16.5 Å². The van der Waals surface area contributed by atoms with Gasteiger partial charge in [-0.1, -0.05) is 24.3 Å². The molecular formula is C18H16FNO2S. The van der Waals surface area contributed by atoms with Crippen LogP contribution in [0.5, 0.6) is 0 Å². The Morgan fingerprint density at radius 2 is 1.65 bits per heavy atom. The second-order valence-corrected chi connectivity index (χ2v) is 6.42. The van der Waals surface area contributed by atoms with Crippen LogP contribution in [-0.2, 0) is 16.5 Å². The minimum Gasteiger partial charge on any atom is -0.316 e. The van der Waals surface area contributed by atoms with Crippen LogP contribution in [0, 0.1) is 12.7 Å². The van der Waals surface area contributed by atoms with E-state index < -0.39 is 10.7 Å². The highest BCUT2D eigenvalue weighted by molar-refractivity contribution is 7.71. The summed E-state index contributed by atoms with van der Waals surface area (Å²) in [5.41, 5.74) is 4.69. The zero-order chi connectivity index (χ0) is 16.4. The first kappa shape index (κ1) is 15.5. The van der Waals surface area contributed by atoms with Gasteiger partial charge in [0, 0.05) is 11.9 Å². The van der Waals surface area contributed by atoms with Crippen molar-refractivity contribution in [3.63, 3.8) is 0 Å².